The van der Waals surface area contributed by atoms with Crippen LogP contribution in [0.1, 0.15) is 57.6 Å². The van der Waals surface area contributed by atoms with Crippen molar-refractivity contribution < 1.29 is 0 Å². The maximum Gasteiger partial charge on any atom is 0.0127 e. The minimum atomic E-state index is 0.707. The van der Waals surface area contributed by atoms with Gasteiger partial charge in [-0.05, 0) is 55.2 Å². The van der Waals surface area contributed by atoms with Crippen molar-refractivity contribution in [3.8, 4) is 0 Å². The second kappa shape index (κ2) is 7.83. The highest BCUT2D eigenvalue weighted by atomic mass is 14.9. The first kappa shape index (κ1) is 15.6. The fourth-order valence-electron chi connectivity index (χ4n) is 3.86. The smallest absolute Gasteiger partial charge is 0.0127 e. The summed E-state index contributed by atoms with van der Waals surface area (Å²) < 4.78 is 0. The number of benzene rings is 1. The molecular weight excluding hydrogens is 242 g/mol. The van der Waals surface area contributed by atoms with Gasteiger partial charge in [-0.3, -0.25) is 0 Å². The summed E-state index contributed by atoms with van der Waals surface area (Å²) >= 11 is 0. The molecule has 0 saturated carbocycles. The molecule has 0 heterocycles. The lowest BCUT2D eigenvalue weighted by atomic mass is 9.75. The second-order valence-corrected chi connectivity index (χ2v) is 6.33. The van der Waals surface area contributed by atoms with Gasteiger partial charge in [0.25, 0.3) is 0 Å². The van der Waals surface area contributed by atoms with Crippen molar-refractivity contribution in [1.82, 2.24) is 5.32 Å². The van der Waals surface area contributed by atoms with Crippen LogP contribution < -0.4 is 5.32 Å². The van der Waals surface area contributed by atoms with Gasteiger partial charge in [-0.15, -0.1) is 0 Å². The van der Waals surface area contributed by atoms with Gasteiger partial charge in [0, 0.05) is 6.04 Å². The van der Waals surface area contributed by atoms with E-state index in [0.29, 0.717) is 6.04 Å². The van der Waals surface area contributed by atoms with E-state index < -0.39 is 0 Å². The number of hydrogen-bond donors (Lipinski definition) is 1. The number of fused-ring (bicyclic) bond motifs is 1. The topological polar surface area (TPSA) is 12.0 Å². The summed E-state index contributed by atoms with van der Waals surface area (Å²) in [5.41, 5.74) is 3.18. The van der Waals surface area contributed by atoms with E-state index in [-0.39, 0.29) is 0 Å². The predicted octanol–water partition coefficient (Wildman–Crippen LogP) is 4.60. The van der Waals surface area contributed by atoms with Crippen molar-refractivity contribution in [2.75, 3.05) is 6.54 Å². The molecule has 0 bridgehead atoms. The van der Waals surface area contributed by atoms with Gasteiger partial charge in [-0.2, -0.15) is 0 Å². The van der Waals surface area contributed by atoms with E-state index in [9.17, 15) is 0 Å². The Labute approximate surface area is 125 Å². The normalized spacial score (nSPS) is 19.9. The first-order chi connectivity index (χ1) is 9.80. The first-order valence-electron chi connectivity index (χ1n) is 8.60. The SMILES string of the molecule is CCCNC(C(CC)CC)C1CCc2ccccc2C1. The van der Waals surface area contributed by atoms with Crippen LogP contribution in [0.2, 0.25) is 0 Å². The van der Waals surface area contributed by atoms with Crippen molar-refractivity contribution in [3.63, 3.8) is 0 Å². The highest BCUT2D eigenvalue weighted by molar-refractivity contribution is 5.30. The van der Waals surface area contributed by atoms with Crippen LogP contribution in [-0.4, -0.2) is 12.6 Å². The Hall–Kier alpha value is -0.820. The van der Waals surface area contributed by atoms with E-state index in [0.717, 1.165) is 11.8 Å². The Kier molecular flexibility index (Phi) is 6.09. The van der Waals surface area contributed by atoms with E-state index in [2.05, 4.69) is 50.4 Å². The first-order valence-corrected chi connectivity index (χ1v) is 8.60. The average Bonchev–Trinajstić information content (AvgIpc) is 2.51. The highest BCUT2D eigenvalue weighted by Gasteiger charge is 2.29. The van der Waals surface area contributed by atoms with Crippen LogP contribution in [0.5, 0.6) is 0 Å². The molecule has 1 aliphatic rings. The van der Waals surface area contributed by atoms with Gasteiger partial charge in [-0.25, -0.2) is 0 Å². The molecule has 0 radical (unpaired) electrons. The van der Waals surface area contributed by atoms with Crippen LogP contribution in [0, 0.1) is 11.8 Å². The van der Waals surface area contributed by atoms with Gasteiger partial charge in [0.15, 0.2) is 0 Å². The maximum absolute atomic E-state index is 3.87. The molecule has 0 fully saturated rings. The summed E-state index contributed by atoms with van der Waals surface area (Å²) in [6.07, 6.45) is 7.74. The van der Waals surface area contributed by atoms with Crippen LogP contribution in [0.15, 0.2) is 24.3 Å². The third kappa shape index (κ3) is 3.63. The molecule has 1 N–H and O–H groups in total. The number of hydrogen-bond acceptors (Lipinski definition) is 1. The summed E-state index contributed by atoms with van der Waals surface area (Å²) in [4.78, 5) is 0. The number of nitrogens with one attached hydrogen (secondary N) is 1. The van der Waals surface area contributed by atoms with Gasteiger partial charge in [-0.1, -0.05) is 57.9 Å². The van der Waals surface area contributed by atoms with Crippen molar-refractivity contribution in [3.05, 3.63) is 35.4 Å². The summed E-state index contributed by atoms with van der Waals surface area (Å²) in [6, 6.07) is 9.75. The van der Waals surface area contributed by atoms with Crippen LogP contribution in [0.3, 0.4) is 0 Å². The molecule has 1 aromatic rings. The summed E-state index contributed by atoms with van der Waals surface area (Å²) in [5.74, 6) is 1.65. The quantitative estimate of drug-likeness (QED) is 0.766. The van der Waals surface area contributed by atoms with Crippen molar-refractivity contribution >= 4 is 0 Å². The molecule has 1 heteroatoms. The molecule has 0 aliphatic heterocycles. The fraction of sp³-hybridized carbons (Fsp3) is 0.684. The summed E-state index contributed by atoms with van der Waals surface area (Å²) in [7, 11) is 0. The zero-order valence-electron chi connectivity index (χ0n) is 13.5. The van der Waals surface area contributed by atoms with E-state index >= 15 is 0 Å². The van der Waals surface area contributed by atoms with Crippen molar-refractivity contribution in [2.45, 2.75) is 65.3 Å². The molecule has 1 aromatic carbocycles. The van der Waals surface area contributed by atoms with Crippen molar-refractivity contribution in [2.24, 2.45) is 11.8 Å². The molecule has 1 aliphatic carbocycles. The largest absolute Gasteiger partial charge is 0.313 e. The molecule has 0 amide bonds. The summed E-state index contributed by atoms with van der Waals surface area (Å²) in [6.45, 7) is 8.14. The zero-order chi connectivity index (χ0) is 14.4. The molecule has 20 heavy (non-hydrogen) atoms. The van der Waals surface area contributed by atoms with Crippen LogP contribution in [0.25, 0.3) is 0 Å². The lowest BCUT2D eigenvalue weighted by molar-refractivity contribution is 0.226. The zero-order valence-corrected chi connectivity index (χ0v) is 13.5. The Balaban J connectivity index is 2.10. The molecule has 1 nitrogen and oxygen atoms in total. The van der Waals surface area contributed by atoms with Crippen LogP contribution >= 0.6 is 0 Å². The number of aryl methyl sites for hydroxylation is 1. The molecule has 0 saturated heterocycles. The minimum absolute atomic E-state index is 0.707. The molecule has 2 atom stereocenters. The van der Waals surface area contributed by atoms with Crippen molar-refractivity contribution in [1.29, 1.82) is 0 Å². The monoisotopic (exact) mass is 273 g/mol. The fourth-order valence-corrected chi connectivity index (χ4v) is 3.86. The highest BCUT2D eigenvalue weighted by Crippen LogP contribution is 2.31. The molecule has 112 valence electrons. The maximum atomic E-state index is 3.87. The van der Waals surface area contributed by atoms with Gasteiger partial charge in [0.05, 0.1) is 0 Å². The second-order valence-electron chi connectivity index (χ2n) is 6.33. The predicted molar refractivity (Wildman–Crippen MR) is 88.1 cm³/mol. The lowest BCUT2D eigenvalue weighted by Gasteiger charge is -2.37. The molecular formula is C19H31N. The van der Waals surface area contributed by atoms with Gasteiger partial charge in [0.1, 0.15) is 0 Å². The van der Waals surface area contributed by atoms with E-state index in [4.69, 9.17) is 0 Å². The Morgan fingerprint density at radius 3 is 2.45 bits per heavy atom. The molecule has 2 rings (SSSR count). The van der Waals surface area contributed by atoms with Crippen LogP contribution in [-0.2, 0) is 12.8 Å². The molecule has 0 spiro atoms. The molecule has 2 unspecified atom stereocenters. The van der Waals surface area contributed by atoms with Gasteiger partial charge >= 0.3 is 0 Å². The van der Waals surface area contributed by atoms with E-state index in [1.54, 1.807) is 11.1 Å². The standard InChI is InChI=1S/C19H31N/c1-4-13-20-19(15(5-2)6-3)18-12-11-16-9-7-8-10-17(16)14-18/h7-10,15,18-20H,4-6,11-14H2,1-3H3. The summed E-state index contributed by atoms with van der Waals surface area (Å²) in [5, 5.41) is 3.87. The van der Waals surface area contributed by atoms with Crippen LogP contribution in [0.4, 0.5) is 0 Å². The Bertz CT molecular complexity index is 395. The van der Waals surface area contributed by atoms with Gasteiger partial charge < -0.3 is 5.32 Å². The van der Waals surface area contributed by atoms with E-state index in [1.807, 2.05) is 0 Å². The average molecular weight is 273 g/mol. The Morgan fingerprint density at radius 2 is 1.80 bits per heavy atom. The molecule has 0 aromatic heterocycles. The third-order valence-corrected chi connectivity index (χ3v) is 5.08. The Morgan fingerprint density at radius 1 is 1.10 bits per heavy atom. The number of rotatable bonds is 7. The van der Waals surface area contributed by atoms with E-state index in [1.165, 1.54) is 45.1 Å². The third-order valence-electron chi connectivity index (χ3n) is 5.08. The lowest BCUT2D eigenvalue weighted by Crippen LogP contribution is -2.44. The minimum Gasteiger partial charge on any atom is -0.313 e. The van der Waals surface area contributed by atoms with Gasteiger partial charge in [0.2, 0.25) is 0 Å².